The summed E-state index contributed by atoms with van der Waals surface area (Å²) < 4.78 is 30.7. The largest absolute Gasteiger partial charge is 0.361 e. The molecule has 6 aromatic rings. The smallest absolute Gasteiger partial charge is 0.273 e. The fourth-order valence-corrected chi connectivity index (χ4v) is 14.1. The van der Waals surface area contributed by atoms with Crippen molar-refractivity contribution in [3.8, 4) is 0 Å². The van der Waals surface area contributed by atoms with E-state index in [0.29, 0.717) is 73.4 Å². The molecule has 4 atom stereocenters. The van der Waals surface area contributed by atoms with Crippen LogP contribution in [0.3, 0.4) is 0 Å². The van der Waals surface area contributed by atoms with Gasteiger partial charge in [0.1, 0.15) is 34.6 Å². The summed E-state index contributed by atoms with van der Waals surface area (Å²) in [7, 11) is 12.5. The maximum atomic E-state index is 12.3. The molecule has 6 aromatic heterocycles. The molecule has 0 bridgehead atoms. The molecule has 0 aliphatic rings. The number of amides is 6. The van der Waals surface area contributed by atoms with Gasteiger partial charge in [-0.05, 0) is 181 Å². The Labute approximate surface area is 727 Å². The van der Waals surface area contributed by atoms with Crippen LogP contribution in [0.4, 0.5) is 0 Å². The molecule has 0 saturated heterocycles. The standard InChI is InChI=1S/2C16H29N3O2.3C15H27N3O2.C14H25N3O2/c1-7-10-16(5,19(6)9-3)11-17-15(20)14-12(4)13(8-2)21-18-14;1-7-13-12(5)14(18-21-13)15(20)17-11-16(8-2,9-3)19(6)10-4;1-7-12-11(4)13(17-20-12)14(19)16-10-15(5,8-2)18(6)9-3;1-6-9-15(4,18(5)8-3)11-16-14(19)13-10-12(7-2)20-17-13;1-6-12-10-13(17-20-12)14(19)16-11-15(7-2,8-3)18(5)9-4;1-6-11-9-12(16-19-11)13(18)15-10-14(4,7-2)17(5)8-3/h2*7-11H2,1-6H3,(H,17,20);7-10H2,1-6H3,(H,16,19);2*10H,6-9,11H2,1-5H3,(H,16,19);9H,6-8,10H2,1-5H3,(H,15,18). The molecule has 0 aliphatic carbocycles. The van der Waals surface area contributed by atoms with Crippen LogP contribution in [0.2, 0.25) is 0 Å². The van der Waals surface area contributed by atoms with Crippen molar-refractivity contribution < 1.29 is 55.9 Å². The minimum Gasteiger partial charge on any atom is -0.361 e. The maximum absolute atomic E-state index is 12.3. The van der Waals surface area contributed by atoms with E-state index in [-0.39, 0.29) is 68.7 Å². The third kappa shape index (κ3) is 32.5. The first-order valence-corrected chi connectivity index (χ1v) is 44.9. The van der Waals surface area contributed by atoms with Crippen LogP contribution in [0.25, 0.3) is 0 Å². The van der Waals surface area contributed by atoms with Crippen molar-refractivity contribution in [2.24, 2.45) is 0 Å². The summed E-state index contributed by atoms with van der Waals surface area (Å²) in [5.74, 6) is 3.58. The summed E-state index contributed by atoms with van der Waals surface area (Å²) in [6, 6.07) is 5.11. The lowest BCUT2D eigenvalue weighted by Crippen LogP contribution is -2.53. The molecule has 30 nitrogen and oxygen atoms in total. The highest BCUT2D eigenvalue weighted by Gasteiger charge is 2.36. The molecule has 0 aromatic carbocycles. The highest BCUT2D eigenvalue weighted by atomic mass is 16.5. The first-order valence-electron chi connectivity index (χ1n) is 44.9. The second-order valence-electron chi connectivity index (χ2n) is 32.6. The van der Waals surface area contributed by atoms with E-state index in [1.165, 1.54) is 0 Å². The molecular formula is C91H164N18O12. The van der Waals surface area contributed by atoms with E-state index in [1.807, 2.05) is 62.3 Å². The SMILES string of the molecule is CCCC(C)(CNC(=O)c1cc(CC)on1)N(C)CC.CCCC(C)(CNC(=O)c1noc(CC)c1C)N(C)CC.CCc1cc(C(=O)NCC(C)(CC)N(C)CC)no1.CCc1cc(C(=O)NCC(CC)(CC)N(C)CC)no1.CCc1onc(C(=O)NCC(C)(CC)N(C)CC)c1C.CCc1onc(C(=O)NCC(CC)(CC)N(C)CC)c1C. The van der Waals surface area contributed by atoms with Crippen LogP contribution in [0.5, 0.6) is 0 Å². The summed E-state index contributed by atoms with van der Waals surface area (Å²) >= 11 is 0. The molecule has 0 aliphatic heterocycles. The minimum atomic E-state index is -0.173. The first kappa shape index (κ1) is 111. The van der Waals surface area contributed by atoms with E-state index in [2.05, 4.69) is 259 Å². The molecule has 0 fully saturated rings. The van der Waals surface area contributed by atoms with Gasteiger partial charge in [-0.1, -0.05) is 182 Å². The van der Waals surface area contributed by atoms with Gasteiger partial charge in [0.2, 0.25) is 0 Å². The van der Waals surface area contributed by atoms with Gasteiger partial charge in [-0.15, -0.1) is 0 Å². The van der Waals surface area contributed by atoms with Gasteiger partial charge in [0.05, 0.1) is 0 Å². The molecule has 0 spiro atoms. The number of aromatic nitrogens is 6. The van der Waals surface area contributed by atoms with Crippen molar-refractivity contribution in [3.63, 3.8) is 0 Å². The van der Waals surface area contributed by atoms with Crippen LogP contribution in [-0.4, -0.2) is 250 Å². The number of nitrogens with zero attached hydrogens (tertiary/aromatic N) is 12. The van der Waals surface area contributed by atoms with E-state index in [9.17, 15) is 28.8 Å². The zero-order chi connectivity index (χ0) is 92.2. The maximum Gasteiger partial charge on any atom is 0.273 e. The number of aryl methyl sites for hydroxylation is 6. The Morgan fingerprint density at radius 2 is 0.512 bits per heavy atom. The molecule has 30 heteroatoms. The number of rotatable bonds is 46. The average molecular weight is 1700 g/mol. The summed E-state index contributed by atoms with van der Waals surface area (Å²) in [6.45, 7) is 65.6. The second-order valence-corrected chi connectivity index (χ2v) is 32.6. The molecule has 0 radical (unpaired) electrons. The van der Waals surface area contributed by atoms with E-state index in [1.54, 1.807) is 18.2 Å². The molecule has 6 rings (SSSR count). The lowest BCUT2D eigenvalue weighted by molar-refractivity contribution is 0.0829. The zero-order valence-electron chi connectivity index (χ0n) is 81.3. The first-order chi connectivity index (χ1) is 57.2. The zero-order valence-corrected chi connectivity index (χ0v) is 81.3. The number of nitrogens with one attached hydrogen (secondary N) is 6. The van der Waals surface area contributed by atoms with Crippen molar-refractivity contribution in [1.29, 1.82) is 0 Å². The van der Waals surface area contributed by atoms with E-state index in [0.717, 1.165) is 193 Å². The lowest BCUT2D eigenvalue weighted by Gasteiger charge is -2.40. The van der Waals surface area contributed by atoms with Crippen molar-refractivity contribution in [2.75, 3.05) is 121 Å². The Balaban J connectivity index is 0.000000726. The van der Waals surface area contributed by atoms with Gasteiger partial charge in [0.15, 0.2) is 34.2 Å². The average Bonchev–Trinajstić information content (AvgIpc) is 1.71. The van der Waals surface area contributed by atoms with Gasteiger partial charge in [-0.2, -0.15) is 0 Å². The minimum absolute atomic E-state index is 0.00172. The second kappa shape index (κ2) is 55.2. The van der Waals surface area contributed by atoms with Crippen LogP contribution in [-0.2, 0) is 38.5 Å². The van der Waals surface area contributed by atoms with Crippen LogP contribution >= 0.6 is 0 Å². The number of carbonyl (C=O) groups excluding carboxylic acids is 6. The normalized spacial score (nSPS) is 13.5. The van der Waals surface area contributed by atoms with Gasteiger partial charge in [-0.3, -0.25) is 58.2 Å². The summed E-state index contributed by atoms with van der Waals surface area (Å²) in [6.07, 6.45) is 14.6. The number of hydrogen-bond acceptors (Lipinski definition) is 24. The summed E-state index contributed by atoms with van der Waals surface area (Å²) in [5.41, 5.74) is 4.67. The molecule has 121 heavy (non-hydrogen) atoms. The summed E-state index contributed by atoms with van der Waals surface area (Å²) in [4.78, 5) is 86.7. The van der Waals surface area contributed by atoms with E-state index in [4.69, 9.17) is 27.1 Å². The Bertz CT molecular complexity index is 3940. The Morgan fingerprint density at radius 1 is 0.289 bits per heavy atom. The van der Waals surface area contributed by atoms with Gasteiger partial charge in [-0.25, -0.2) is 0 Å². The molecule has 6 heterocycles. The molecule has 0 saturated carbocycles. The van der Waals surface area contributed by atoms with Crippen LogP contribution in [0, 0.1) is 20.8 Å². The third-order valence-electron chi connectivity index (χ3n) is 25.7. The predicted molar refractivity (Wildman–Crippen MR) is 484 cm³/mol. The van der Waals surface area contributed by atoms with E-state index >= 15 is 0 Å². The number of hydrogen-bond donors (Lipinski definition) is 6. The molecular weight excluding hydrogens is 1540 g/mol. The van der Waals surface area contributed by atoms with Gasteiger partial charge in [0.25, 0.3) is 35.4 Å². The van der Waals surface area contributed by atoms with E-state index < -0.39 is 0 Å². The van der Waals surface area contributed by atoms with Crippen molar-refractivity contribution in [1.82, 2.24) is 92.2 Å². The monoisotopic (exact) mass is 1700 g/mol. The van der Waals surface area contributed by atoms with Crippen molar-refractivity contribution in [2.45, 2.75) is 323 Å². The highest BCUT2D eigenvalue weighted by Crippen LogP contribution is 2.27. The Kier molecular flexibility index (Phi) is 50.5. The van der Waals surface area contributed by atoms with Gasteiger partial charge < -0.3 is 59.0 Å². The fourth-order valence-electron chi connectivity index (χ4n) is 14.1. The predicted octanol–water partition coefficient (Wildman–Crippen LogP) is 15.0. The highest BCUT2D eigenvalue weighted by molar-refractivity contribution is 5.95. The van der Waals surface area contributed by atoms with Crippen molar-refractivity contribution in [3.05, 3.63) is 104 Å². The molecule has 6 N–H and O–H groups in total. The topological polar surface area (TPSA) is 350 Å². The van der Waals surface area contributed by atoms with Crippen LogP contribution in [0.15, 0.2) is 45.3 Å². The Morgan fingerprint density at radius 3 is 0.711 bits per heavy atom. The molecule has 4 unspecified atom stereocenters. The summed E-state index contributed by atoms with van der Waals surface area (Å²) in [5, 5.41) is 41.0. The quantitative estimate of drug-likeness (QED) is 0.0207. The fraction of sp³-hybridized carbons (Fsp3) is 0.736. The molecule has 6 amide bonds. The van der Waals surface area contributed by atoms with Crippen molar-refractivity contribution >= 4 is 35.4 Å². The van der Waals surface area contributed by atoms with Crippen LogP contribution < -0.4 is 31.9 Å². The lowest BCUT2D eigenvalue weighted by atomic mass is 9.90. The number of likely N-dealkylation sites (N-methyl/N-ethyl adjacent to an activating group) is 6. The molecule has 690 valence electrons. The Hall–Kier alpha value is -8.16. The van der Waals surface area contributed by atoms with Gasteiger partial charge in [0, 0.05) is 146 Å². The number of carbonyl (C=O) groups is 6. The van der Waals surface area contributed by atoms with Gasteiger partial charge >= 0.3 is 0 Å². The third-order valence-corrected chi connectivity index (χ3v) is 25.7. The van der Waals surface area contributed by atoms with Crippen LogP contribution in [0.1, 0.15) is 345 Å².